The minimum absolute atomic E-state index is 0.183. The zero-order valence-electron chi connectivity index (χ0n) is 13.2. The van der Waals surface area contributed by atoms with Crippen molar-refractivity contribution in [1.82, 2.24) is 4.90 Å². The minimum atomic E-state index is -0.346. The van der Waals surface area contributed by atoms with Crippen molar-refractivity contribution in [2.45, 2.75) is 39.5 Å². The lowest BCUT2D eigenvalue weighted by Gasteiger charge is -2.21. The topological polar surface area (TPSA) is 46.6 Å². The fraction of sp³-hybridized carbons (Fsp3) is 0.529. The normalized spacial score (nSPS) is 10.2. The van der Waals surface area contributed by atoms with Crippen LogP contribution in [0.4, 0.5) is 0 Å². The first-order chi connectivity index (χ1) is 10.1. The fourth-order valence-electron chi connectivity index (χ4n) is 2.28. The molecule has 21 heavy (non-hydrogen) atoms. The number of carbonyl (C=O) groups excluding carboxylic acids is 2. The van der Waals surface area contributed by atoms with Crippen LogP contribution in [0.25, 0.3) is 0 Å². The number of benzene rings is 1. The van der Waals surface area contributed by atoms with Crippen LogP contribution in [0.1, 0.15) is 49.0 Å². The quantitative estimate of drug-likeness (QED) is 0.692. The molecule has 116 valence electrons. The maximum Gasteiger partial charge on any atom is 0.337 e. The Bertz CT molecular complexity index is 465. The average molecular weight is 291 g/mol. The minimum Gasteiger partial charge on any atom is -0.465 e. The Hall–Kier alpha value is -1.84. The molecule has 4 nitrogen and oxygen atoms in total. The highest BCUT2D eigenvalue weighted by Crippen LogP contribution is 2.10. The van der Waals surface area contributed by atoms with Gasteiger partial charge in [-0.1, -0.05) is 26.0 Å². The molecule has 1 aromatic carbocycles. The zero-order valence-corrected chi connectivity index (χ0v) is 13.2. The number of methoxy groups -OCH3 is 1. The molecule has 1 amide bonds. The van der Waals surface area contributed by atoms with Crippen LogP contribution < -0.4 is 0 Å². The molecule has 0 aliphatic heterocycles. The van der Waals surface area contributed by atoms with Crippen molar-refractivity contribution in [3.63, 3.8) is 0 Å². The molecule has 0 unspecified atom stereocenters. The average Bonchev–Trinajstić information content (AvgIpc) is 2.51. The molecule has 0 heterocycles. The van der Waals surface area contributed by atoms with Gasteiger partial charge in [-0.3, -0.25) is 4.79 Å². The van der Waals surface area contributed by atoms with Crippen molar-refractivity contribution >= 4 is 11.9 Å². The van der Waals surface area contributed by atoms with Gasteiger partial charge in [0.2, 0.25) is 5.91 Å². The number of hydrogen-bond donors (Lipinski definition) is 0. The van der Waals surface area contributed by atoms with Crippen LogP contribution in [0.5, 0.6) is 0 Å². The number of carbonyl (C=O) groups is 2. The Morgan fingerprint density at radius 3 is 2.38 bits per heavy atom. The number of hydrogen-bond acceptors (Lipinski definition) is 3. The number of rotatable bonds is 8. The van der Waals surface area contributed by atoms with E-state index < -0.39 is 0 Å². The van der Waals surface area contributed by atoms with Gasteiger partial charge in [-0.05, 0) is 37.0 Å². The molecule has 0 saturated heterocycles. The summed E-state index contributed by atoms with van der Waals surface area (Å²) >= 11 is 0. The standard InChI is InChI=1S/C17H25NO3/c1-4-11-18(12-5-2)16(19)10-9-14-7-6-8-15(13-14)17(20)21-3/h6-8,13H,4-5,9-12H2,1-3H3. The summed E-state index contributed by atoms with van der Waals surface area (Å²) in [6, 6.07) is 7.27. The second-order valence-electron chi connectivity index (χ2n) is 5.07. The lowest BCUT2D eigenvalue weighted by atomic mass is 10.1. The maximum absolute atomic E-state index is 12.2. The summed E-state index contributed by atoms with van der Waals surface area (Å²) in [6.45, 7) is 5.79. The van der Waals surface area contributed by atoms with Crippen molar-refractivity contribution < 1.29 is 14.3 Å². The first-order valence-corrected chi connectivity index (χ1v) is 7.57. The molecule has 0 fully saturated rings. The number of amides is 1. The Morgan fingerprint density at radius 1 is 1.14 bits per heavy atom. The van der Waals surface area contributed by atoms with Crippen molar-refractivity contribution in [2.75, 3.05) is 20.2 Å². The lowest BCUT2D eigenvalue weighted by molar-refractivity contribution is -0.131. The molecule has 1 aromatic rings. The van der Waals surface area contributed by atoms with Gasteiger partial charge in [-0.15, -0.1) is 0 Å². The summed E-state index contributed by atoms with van der Waals surface area (Å²) in [7, 11) is 1.37. The zero-order chi connectivity index (χ0) is 15.7. The summed E-state index contributed by atoms with van der Waals surface area (Å²) in [5.41, 5.74) is 1.51. The second-order valence-corrected chi connectivity index (χ2v) is 5.07. The van der Waals surface area contributed by atoms with Crippen LogP contribution in [-0.4, -0.2) is 37.0 Å². The summed E-state index contributed by atoms with van der Waals surface area (Å²) in [6.07, 6.45) is 3.07. The van der Waals surface area contributed by atoms with E-state index in [1.54, 1.807) is 12.1 Å². The summed E-state index contributed by atoms with van der Waals surface area (Å²) in [5, 5.41) is 0. The first-order valence-electron chi connectivity index (χ1n) is 7.57. The van der Waals surface area contributed by atoms with Gasteiger partial charge in [0.15, 0.2) is 0 Å². The van der Waals surface area contributed by atoms with Gasteiger partial charge in [0.25, 0.3) is 0 Å². The molecule has 0 saturated carbocycles. The molecule has 0 spiro atoms. The Labute approximate surface area is 127 Å². The van der Waals surface area contributed by atoms with Gasteiger partial charge < -0.3 is 9.64 Å². The van der Waals surface area contributed by atoms with Crippen LogP contribution in [0.3, 0.4) is 0 Å². The second kappa shape index (κ2) is 9.16. The largest absolute Gasteiger partial charge is 0.465 e. The van der Waals surface area contributed by atoms with Crippen LogP contribution in [0.15, 0.2) is 24.3 Å². The third-order valence-corrected chi connectivity index (χ3v) is 3.32. The summed E-state index contributed by atoms with van der Waals surface area (Å²) in [4.78, 5) is 25.6. The molecule has 0 N–H and O–H groups in total. The van der Waals surface area contributed by atoms with Crippen molar-refractivity contribution in [3.05, 3.63) is 35.4 Å². The Balaban J connectivity index is 2.61. The third kappa shape index (κ3) is 5.58. The van der Waals surface area contributed by atoms with Crippen LogP contribution in [0.2, 0.25) is 0 Å². The van der Waals surface area contributed by atoms with E-state index in [1.807, 2.05) is 17.0 Å². The van der Waals surface area contributed by atoms with Gasteiger partial charge in [0.1, 0.15) is 0 Å². The molecule has 0 radical (unpaired) electrons. The van der Waals surface area contributed by atoms with Gasteiger partial charge in [0, 0.05) is 19.5 Å². The van der Waals surface area contributed by atoms with Crippen LogP contribution in [0, 0.1) is 0 Å². The van der Waals surface area contributed by atoms with E-state index in [4.69, 9.17) is 4.74 Å². The van der Waals surface area contributed by atoms with Gasteiger partial charge >= 0.3 is 5.97 Å². The number of ether oxygens (including phenoxy) is 1. The van der Waals surface area contributed by atoms with Gasteiger partial charge in [-0.2, -0.15) is 0 Å². The van der Waals surface area contributed by atoms with E-state index in [0.29, 0.717) is 18.4 Å². The molecule has 4 heteroatoms. The molecule has 0 aliphatic carbocycles. The fourth-order valence-corrected chi connectivity index (χ4v) is 2.28. The van der Waals surface area contributed by atoms with Gasteiger partial charge in [0.05, 0.1) is 12.7 Å². The highest BCUT2D eigenvalue weighted by Gasteiger charge is 2.12. The number of nitrogens with zero attached hydrogens (tertiary/aromatic N) is 1. The van der Waals surface area contributed by atoms with Crippen molar-refractivity contribution in [1.29, 1.82) is 0 Å². The molecule has 0 aliphatic rings. The van der Waals surface area contributed by atoms with E-state index in [0.717, 1.165) is 31.5 Å². The van der Waals surface area contributed by atoms with E-state index in [-0.39, 0.29) is 11.9 Å². The predicted molar refractivity (Wildman–Crippen MR) is 83.3 cm³/mol. The maximum atomic E-state index is 12.2. The van der Waals surface area contributed by atoms with E-state index in [9.17, 15) is 9.59 Å². The van der Waals surface area contributed by atoms with Crippen LogP contribution in [-0.2, 0) is 16.0 Å². The van der Waals surface area contributed by atoms with Crippen molar-refractivity contribution in [3.8, 4) is 0 Å². The SMILES string of the molecule is CCCN(CCC)C(=O)CCc1cccc(C(=O)OC)c1. The van der Waals surface area contributed by atoms with E-state index >= 15 is 0 Å². The van der Waals surface area contributed by atoms with E-state index in [2.05, 4.69) is 13.8 Å². The monoisotopic (exact) mass is 291 g/mol. The molecule has 1 rings (SSSR count). The molecular weight excluding hydrogens is 266 g/mol. The number of aryl methyl sites for hydroxylation is 1. The summed E-state index contributed by atoms with van der Waals surface area (Å²) < 4.78 is 4.70. The third-order valence-electron chi connectivity index (χ3n) is 3.32. The summed E-state index contributed by atoms with van der Waals surface area (Å²) in [5.74, 6) is -0.163. The smallest absolute Gasteiger partial charge is 0.337 e. The highest BCUT2D eigenvalue weighted by molar-refractivity contribution is 5.89. The lowest BCUT2D eigenvalue weighted by Crippen LogP contribution is -2.32. The molecule has 0 bridgehead atoms. The molecule has 0 atom stereocenters. The molecule has 0 aromatic heterocycles. The Kier molecular flexibility index (Phi) is 7.51. The molecular formula is C17H25NO3. The number of esters is 1. The predicted octanol–water partition coefficient (Wildman–Crippen LogP) is 3.05. The van der Waals surface area contributed by atoms with E-state index in [1.165, 1.54) is 7.11 Å². The highest BCUT2D eigenvalue weighted by atomic mass is 16.5. The first kappa shape index (κ1) is 17.2. The Morgan fingerprint density at radius 2 is 1.81 bits per heavy atom. The van der Waals surface area contributed by atoms with Crippen molar-refractivity contribution in [2.24, 2.45) is 0 Å². The van der Waals surface area contributed by atoms with Crippen LogP contribution >= 0.6 is 0 Å². The van der Waals surface area contributed by atoms with Gasteiger partial charge in [-0.25, -0.2) is 4.79 Å².